The summed E-state index contributed by atoms with van der Waals surface area (Å²) in [6.45, 7) is 1.60. The molecule has 2 aliphatic heterocycles. The number of fused-ring (bicyclic) bond motifs is 3. The maximum atomic E-state index is 13.7. The Labute approximate surface area is 219 Å². The van der Waals surface area contributed by atoms with E-state index in [1.165, 1.54) is 5.56 Å². The molecule has 37 heavy (non-hydrogen) atoms. The number of nitrogen functional groups attached to an aromatic ring is 1. The van der Waals surface area contributed by atoms with Gasteiger partial charge in [-0.25, -0.2) is 4.68 Å². The lowest BCUT2D eigenvalue weighted by atomic mass is 9.90. The number of carbonyl (C=O) groups is 2. The van der Waals surface area contributed by atoms with E-state index >= 15 is 0 Å². The Hall–Kier alpha value is -4.17. The maximum Gasteiger partial charge on any atom is 0.254 e. The number of hydrogen-bond donors (Lipinski definition) is 1. The monoisotopic (exact) mass is 512 g/mol. The number of benzene rings is 3. The van der Waals surface area contributed by atoms with Crippen LogP contribution in [0.5, 0.6) is 0 Å². The van der Waals surface area contributed by atoms with Gasteiger partial charge in [-0.2, -0.15) is 0 Å². The Morgan fingerprint density at radius 1 is 1.08 bits per heavy atom. The number of piperazine rings is 1. The minimum absolute atomic E-state index is 0.0142. The lowest BCUT2D eigenvalue weighted by Crippen LogP contribution is -2.55. The fourth-order valence-corrected chi connectivity index (χ4v) is 5.42. The fourth-order valence-electron chi connectivity index (χ4n) is 5.24. The molecule has 9 heteroatoms. The summed E-state index contributed by atoms with van der Waals surface area (Å²) in [5.74, 6) is -0.169. The van der Waals surface area contributed by atoms with Crippen LogP contribution in [-0.4, -0.2) is 56.2 Å². The molecule has 0 radical (unpaired) electrons. The summed E-state index contributed by atoms with van der Waals surface area (Å²) in [5.41, 5.74) is 11.5. The molecule has 1 saturated heterocycles. The van der Waals surface area contributed by atoms with Gasteiger partial charge >= 0.3 is 0 Å². The van der Waals surface area contributed by atoms with E-state index < -0.39 is 0 Å². The number of rotatable bonds is 4. The topological polar surface area (TPSA) is 97.3 Å². The number of nitrogens with zero attached hydrogens (tertiary/aromatic N) is 5. The van der Waals surface area contributed by atoms with E-state index in [1.807, 2.05) is 47.5 Å². The van der Waals surface area contributed by atoms with Gasteiger partial charge in [0.15, 0.2) is 0 Å². The molecule has 2 amide bonds. The van der Waals surface area contributed by atoms with E-state index in [1.54, 1.807) is 27.8 Å². The lowest BCUT2D eigenvalue weighted by molar-refractivity contribution is -0.139. The molecular formula is C28H25ClN6O2. The smallest absolute Gasteiger partial charge is 0.254 e. The van der Waals surface area contributed by atoms with Crippen molar-refractivity contribution in [3.05, 3.63) is 100 Å². The number of amides is 2. The Balaban J connectivity index is 1.24. The van der Waals surface area contributed by atoms with Crippen LogP contribution in [0.3, 0.4) is 0 Å². The van der Waals surface area contributed by atoms with Gasteiger partial charge in [-0.3, -0.25) is 9.59 Å². The first kappa shape index (κ1) is 23.2. The number of anilines is 1. The number of hydrogen-bond acceptors (Lipinski definition) is 5. The minimum atomic E-state index is -0.155. The van der Waals surface area contributed by atoms with Crippen molar-refractivity contribution in [2.24, 2.45) is 0 Å². The zero-order chi connectivity index (χ0) is 25.5. The predicted molar refractivity (Wildman–Crippen MR) is 141 cm³/mol. The summed E-state index contributed by atoms with van der Waals surface area (Å²) in [7, 11) is 0. The van der Waals surface area contributed by atoms with Crippen LogP contribution in [0.15, 0.2) is 72.9 Å². The Bertz CT molecular complexity index is 1520. The van der Waals surface area contributed by atoms with Crippen molar-refractivity contribution in [2.45, 2.75) is 19.0 Å². The van der Waals surface area contributed by atoms with Crippen LogP contribution in [-0.2, 0) is 17.8 Å². The molecule has 2 aliphatic rings. The van der Waals surface area contributed by atoms with E-state index in [-0.39, 0.29) is 24.4 Å². The molecule has 3 aromatic carbocycles. The zero-order valence-electron chi connectivity index (χ0n) is 20.0. The Morgan fingerprint density at radius 3 is 2.76 bits per heavy atom. The normalized spacial score (nSPS) is 16.9. The second-order valence-corrected chi connectivity index (χ2v) is 9.84. The summed E-state index contributed by atoms with van der Waals surface area (Å²) >= 11 is 6.16. The molecule has 6 rings (SSSR count). The number of aromatic nitrogens is 3. The highest BCUT2D eigenvalue weighted by Gasteiger charge is 2.38. The summed E-state index contributed by atoms with van der Waals surface area (Å²) < 4.78 is 1.69. The molecule has 1 aromatic heterocycles. The van der Waals surface area contributed by atoms with Crippen molar-refractivity contribution < 1.29 is 9.59 Å². The van der Waals surface area contributed by atoms with Gasteiger partial charge in [-0.1, -0.05) is 65.3 Å². The molecule has 0 saturated carbocycles. The van der Waals surface area contributed by atoms with Gasteiger partial charge < -0.3 is 15.5 Å². The first-order valence-corrected chi connectivity index (χ1v) is 12.6. The molecule has 0 aliphatic carbocycles. The molecule has 0 spiro atoms. The molecular weight excluding hydrogens is 488 g/mol. The molecule has 1 atom stereocenters. The molecule has 1 unspecified atom stereocenters. The molecule has 1 fully saturated rings. The van der Waals surface area contributed by atoms with Crippen LogP contribution in [0.2, 0.25) is 5.02 Å². The Morgan fingerprint density at radius 2 is 1.89 bits per heavy atom. The molecule has 2 N–H and O–H groups in total. The molecule has 4 aromatic rings. The van der Waals surface area contributed by atoms with E-state index in [0.29, 0.717) is 41.6 Å². The average Bonchev–Trinajstić information content (AvgIpc) is 3.38. The quantitative estimate of drug-likeness (QED) is 0.419. The van der Waals surface area contributed by atoms with Crippen LogP contribution in [0, 0.1) is 0 Å². The molecule has 3 heterocycles. The van der Waals surface area contributed by atoms with Crippen molar-refractivity contribution >= 4 is 29.1 Å². The lowest BCUT2D eigenvalue weighted by Gasteiger charge is -2.44. The van der Waals surface area contributed by atoms with Gasteiger partial charge in [0.05, 0.1) is 29.5 Å². The van der Waals surface area contributed by atoms with Gasteiger partial charge in [-0.15, -0.1) is 5.10 Å². The van der Waals surface area contributed by atoms with Crippen molar-refractivity contribution in [1.82, 2.24) is 24.8 Å². The standard InChI is InChI=1S/C28H25ClN6O2/c29-23-13-19(9-10-24(23)30)25-15-34(32-31-25)14-20-6-2-4-8-22(20)28(37)33-16-26-21-7-3-1-5-18(21)11-12-35(26)27(36)17-33/h1-10,13,15,26H,11-12,14,16-17,30H2. The van der Waals surface area contributed by atoms with Gasteiger partial charge in [0.25, 0.3) is 5.91 Å². The Kier molecular flexibility index (Phi) is 5.88. The second-order valence-electron chi connectivity index (χ2n) is 9.43. The summed E-state index contributed by atoms with van der Waals surface area (Å²) in [6, 6.07) is 20.8. The summed E-state index contributed by atoms with van der Waals surface area (Å²) in [4.78, 5) is 30.3. The molecule has 0 bridgehead atoms. The average molecular weight is 513 g/mol. The van der Waals surface area contributed by atoms with Gasteiger partial charge in [0, 0.05) is 24.2 Å². The van der Waals surface area contributed by atoms with Crippen LogP contribution in [0.25, 0.3) is 11.3 Å². The highest BCUT2D eigenvalue weighted by atomic mass is 35.5. The number of carbonyl (C=O) groups excluding carboxylic acids is 2. The largest absolute Gasteiger partial charge is 0.398 e. The van der Waals surface area contributed by atoms with E-state index in [4.69, 9.17) is 17.3 Å². The van der Waals surface area contributed by atoms with Crippen LogP contribution < -0.4 is 5.73 Å². The highest BCUT2D eigenvalue weighted by molar-refractivity contribution is 6.33. The maximum absolute atomic E-state index is 13.7. The predicted octanol–water partition coefficient (Wildman–Crippen LogP) is 3.81. The number of nitrogens with two attached hydrogens (primary N) is 1. The van der Waals surface area contributed by atoms with Crippen molar-refractivity contribution in [3.8, 4) is 11.3 Å². The molecule has 8 nitrogen and oxygen atoms in total. The first-order chi connectivity index (χ1) is 18.0. The third-order valence-electron chi connectivity index (χ3n) is 7.15. The first-order valence-electron chi connectivity index (χ1n) is 12.2. The minimum Gasteiger partial charge on any atom is -0.398 e. The summed E-state index contributed by atoms with van der Waals surface area (Å²) in [5, 5.41) is 8.97. The second kappa shape index (κ2) is 9.37. The summed E-state index contributed by atoms with van der Waals surface area (Å²) in [6.07, 6.45) is 2.65. The SMILES string of the molecule is Nc1ccc(-c2cn(Cc3ccccc3C(=O)N3CC(=O)N4CCc5ccccc5C4C3)nn2)cc1Cl. The zero-order valence-corrected chi connectivity index (χ0v) is 20.8. The van der Waals surface area contributed by atoms with E-state index in [0.717, 1.165) is 23.1 Å². The van der Waals surface area contributed by atoms with Crippen LogP contribution in [0.4, 0.5) is 5.69 Å². The third kappa shape index (κ3) is 4.34. The van der Waals surface area contributed by atoms with E-state index in [9.17, 15) is 9.59 Å². The van der Waals surface area contributed by atoms with Crippen molar-refractivity contribution in [1.29, 1.82) is 0 Å². The van der Waals surface area contributed by atoms with Crippen LogP contribution in [0.1, 0.15) is 33.1 Å². The van der Waals surface area contributed by atoms with Crippen LogP contribution >= 0.6 is 11.6 Å². The number of halogens is 1. The van der Waals surface area contributed by atoms with Gasteiger partial charge in [0.2, 0.25) is 5.91 Å². The third-order valence-corrected chi connectivity index (χ3v) is 7.48. The molecule has 186 valence electrons. The highest BCUT2D eigenvalue weighted by Crippen LogP contribution is 2.33. The van der Waals surface area contributed by atoms with Crippen molar-refractivity contribution in [2.75, 3.05) is 25.4 Å². The van der Waals surface area contributed by atoms with Gasteiger partial charge in [-0.05, 0) is 41.3 Å². The van der Waals surface area contributed by atoms with E-state index in [2.05, 4.69) is 22.4 Å². The fraction of sp³-hybridized carbons (Fsp3) is 0.214. The van der Waals surface area contributed by atoms with Crippen molar-refractivity contribution in [3.63, 3.8) is 0 Å². The van der Waals surface area contributed by atoms with Gasteiger partial charge in [0.1, 0.15) is 12.2 Å².